The van der Waals surface area contributed by atoms with E-state index in [4.69, 9.17) is 9.84 Å². The molecule has 1 aromatic carbocycles. The van der Waals surface area contributed by atoms with Gasteiger partial charge >= 0.3 is 0 Å². The number of ether oxygens (including phenoxy) is 1. The van der Waals surface area contributed by atoms with Crippen molar-refractivity contribution in [3.05, 3.63) is 29.6 Å². The first kappa shape index (κ1) is 19.1. The molecule has 2 heterocycles. The summed E-state index contributed by atoms with van der Waals surface area (Å²) in [7, 11) is 1.61. The summed E-state index contributed by atoms with van der Waals surface area (Å²) in [5.41, 5.74) is 1.08. The Kier molecular flexibility index (Phi) is 6.14. The summed E-state index contributed by atoms with van der Waals surface area (Å²) in [4.78, 5) is 16.4. The fraction of sp³-hybridized carbons (Fsp3) is 0.650. The molecule has 0 atom stereocenters. The van der Waals surface area contributed by atoms with E-state index in [1.165, 1.54) is 6.07 Å². The van der Waals surface area contributed by atoms with E-state index in [-0.39, 0.29) is 23.7 Å². The molecule has 0 bridgehead atoms. The van der Waals surface area contributed by atoms with Gasteiger partial charge in [-0.1, -0.05) is 0 Å². The number of carbonyl (C=O) groups is 1. The lowest BCUT2D eigenvalue weighted by molar-refractivity contribution is -0.139. The molecule has 6 heteroatoms. The number of methoxy groups -OCH3 is 1. The van der Waals surface area contributed by atoms with Gasteiger partial charge in [-0.2, -0.15) is 0 Å². The Bertz CT molecular complexity index is 629. The van der Waals surface area contributed by atoms with Crippen molar-refractivity contribution in [1.29, 1.82) is 0 Å². The molecule has 0 saturated carbocycles. The molecule has 0 aliphatic carbocycles. The highest BCUT2D eigenvalue weighted by atomic mass is 19.1. The van der Waals surface area contributed by atoms with Gasteiger partial charge in [-0.15, -0.1) is 0 Å². The lowest BCUT2D eigenvalue weighted by atomic mass is 9.72. The van der Waals surface area contributed by atoms with Gasteiger partial charge in [0.05, 0.1) is 7.11 Å². The van der Waals surface area contributed by atoms with Gasteiger partial charge in [0.2, 0.25) is 5.91 Å². The van der Waals surface area contributed by atoms with E-state index < -0.39 is 0 Å². The fourth-order valence-corrected chi connectivity index (χ4v) is 4.27. The summed E-state index contributed by atoms with van der Waals surface area (Å²) in [6.07, 6.45) is 4.32. The minimum atomic E-state index is -0.236. The van der Waals surface area contributed by atoms with Gasteiger partial charge in [-0.25, -0.2) is 4.39 Å². The van der Waals surface area contributed by atoms with E-state index in [0.717, 1.165) is 50.2 Å². The highest BCUT2D eigenvalue weighted by Crippen LogP contribution is 2.40. The Hall–Kier alpha value is -1.66. The van der Waals surface area contributed by atoms with Crippen molar-refractivity contribution in [2.24, 2.45) is 5.41 Å². The number of hydrogen-bond donors (Lipinski definition) is 1. The minimum absolute atomic E-state index is 0.125. The largest absolute Gasteiger partial charge is 0.496 e. The first-order valence-electron chi connectivity index (χ1n) is 9.49. The van der Waals surface area contributed by atoms with Gasteiger partial charge in [0.1, 0.15) is 11.6 Å². The van der Waals surface area contributed by atoms with Crippen molar-refractivity contribution in [3.8, 4) is 5.75 Å². The summed E-state index contributed by atoms with van der Waals surface area (Å²) in [5, 5.41) is 9.04. The predicted molar refractivity (Wildman–Crippen MR) is 97.4 cm³/mol. The zero-order valence-corrected chi connectivity index (χ0v) is 15.5. The third-order valence-electron chi connectivity index (χ3n) is 5.89. The first-order chi connectivity index (χ1) is 12.5. The van der Waals surface area contributed by atoms with Gasteiger partial charge in [-0.3, -0.25) is 9.69 Å². The topological polar surface area (TPSA) is 53.0 Å². The van der Waals surface area contributed by atoms with Crippen molar-refractivity contribution >= 4 is 5.91 Å². The zero-order chi connectivity index (χ0) is 18.6. The smallest absolute Gasteiger partial charge is 0.222 e. The monoisotopic (exact) mass is 364 g/mol. The highest BCUT2D eigenvalue weighted by Gasteiger charge is 2.40. The van der Waals surface area contributed by atoms with Crippen LogP contribution in [0.5, 0.6) is 5.75 Å². The van der Waals surface area contributed by atoms with Crippen molar-refractivity contribution in [1.82, 2.24) is 9.80 Å². The molecule has 26 heavy (non-hydrogen) atoms. The lowest BCUT2D eigenvalue weighted by Crippen LogP contribution is -2.51. The summed E-state index contributed by atoms with van der Waals surface area (Å²) < 4.78 is 18.9. The Balaban J connectivity index is 1.59. The normalized spacial score (nSPS) is 20.6. The summed E-state index contributed by atoms with van der Waals surface area (Å²) >= 11 is 0. The molecule has 1 spiro atoms. The number of aliphatic hydroxyl groups is 1. The SMILES string of the molecule is COc1ccc(F)cc1CN1CCC2(CCC(=O)N(CCCO)C2)CC1. The number of hydrogen-bond acceptors (Lipinski definition) is 4. The van der Waals surface area contributed by atoms with Crippen LogP contribution < -0.4 is 4.74 Å². The zero-order valence-electron chi connectivity index (χ0n) is 15.5. The minimum Gasteiger partial charge on any atom is -0.496 e. The number of piperidine rings is 2. The van der Waals surface area contributed by atoms with Crippen LogP contribution in [0.25, 0.3) is 0 Å². The quantitative estimate of drug-likeness (QED) is 0.842. The first-order valence-corrected chi connectivity index (χ1v) is 9.49. The third-order valence-corrected chi connectivity index (χ3v) is 5.89. The van der Waals surface area contributed by atoms with E-state index >= 15 is 0 Å². The Labute approximate surface area is 154 Å². The molecule has 5 nitrogen and oxygen atoms in total. The van der Waals surface area contributed by atoms with Crippen molar-refractivity contribution in [2.45, 2.75) is 38.6 Å². The molecular weight excluding hydrogens is 335 g/mol. The molecule has 144 valence electrons. The number of likely N-dealkylation sites (tertiary alicyclic amines) is 2. The van der Waals surface area contributed by atoms with Crippen LogP contribution >= 0.6 is 0 Å². The van der Waals surface area contributed by atoms with Crippen LogP contribution in [0, 0.1) is 11.2 Å². The van der Waals surface area contributed by atoms with Crippen molar-refractivity contribution < 1.29 is 19.0 Å². The van der Waals surface area contributed by atoms with Crippen LogP contribution in [0.3, 0.4) is 0 Å². The fourth-order valence-electron chi connectivity index (χ4n) is 4.27. The van der Waals surface area contributed by atoms with Gasteiger partial charge in [0.25, 0.3) is 0 Å². The molecule has 0 radical (unpaired) electrons. The third kappa shape index (κ3) is 4.35. The lowest BCUT2D eigenvalue weighted by Gasteiger charge is -2.47. The van der Waals surface area contributed by atoms with Gasteiger partial charge < -0.3 is 14.7 Å². The second-order valence-corrected chi connectivity index (χ2v) is 7.62. The van der Waals surface area contributed by atoms with Gasteiger partial charge in [0.15, 0.2) is 0 Å². The molecule has 2 aliphatic rings. The number of rotatable bonds is 6. The van der Waals surface area contributed by atoms with Crippen molar-refractivity contribution in [2.75, 3.05) is 39.9 Å². The maximum atomic E-state index is 13.6. The average Bonchev–Trinajstić information content (AvgIpc) is 2.65. The molecule has 1 aromatic rings. The summed E-state index contributed by atoms with van der Waals surface area (Å²) in [6.45, 7) is 4.16. The molecule has 0 aromatic heterocycles. The second-order valence-electron chi connectivity index (χ2n) is 7.62. The Morgan fingerprint density at radius 1 is 1.27 bits per heavy atom. The molecule has 1 N–H and O–H groups in total. The van der Waals surface area contributed by atoms with Crippen LogP contribution in [-0.2, 0) is 11.3 Å². The maximum absolute atomic E-state index is 13.6. The molecule has 2 fully saturated rings. The van der Waals surface area contributed by atoms with E-state index in [1.807, 2.05) is 4.90 Å². The van der Waals surface area contributed by atoms with Crippen LogP contribution in [0.2, 0.25) is 0 Å². The average molecular weight is 364 g/mol. The number of aliphatic hydroxyl groups excluding tert-OH is 1. The van der Waals surface area contributed by atoms with E-state index in [2.05, 4.69) is 4.90 Å². The number of carbonyl (C=O) groups excluding carboxylic acids is 1. The van der Waals surface area contributed by atoms with E-state index in [0.29, 0.717) is 25.9 Å². The Morgan fingerprint density at radius 2 is 2.04 bits per heavy atom. The van der Waals surface area contributed by atoms with Gasteiger partial charge in [-0.05, 0) is 62.4 Å². The second kappa shape index (κ2) is 8.35. The van der Waals surface area contributed by atoms with Crippen molar-refractivity contribution in [3.63, 3.8) is 0 Å². The van der Waals surface area contributed by atoms with E-state index in [9.17, 15) is 9.18 Å². The standard InChI is InChI=1S/C20H29FN2O3/c1-26-18-4-3-17(21)13-16(18)14-22-10-7-20(8-11-22)6-5-19(25)23(15-20)9-2-12-24/h3-4,13,24H,2,5-12,14-15H2,1H3. The van der Waals surface area contributed by atoms with Crippen LogP contribution in [0.1, 0.15) is 37.7 Å². The van der Waals surface area contributed by atoms with Crippen LogP contribution in [-0.4, -0.2) is 60.7 Å². The molecule has 1 amide bonds. The number of nitrogens with zero attached hydrogens (tertiary/aromatic N) is 2. The number of halogens is 1. The number of benzene rings is 1. The summed E-state index contributed by atoms with van der Waals surface area (Å²) in [5.74, 6) is 0.709. The number of amides is 1. The molecule has 0 unspecified atom stereocenters. The maximum Gasteiger partial charge on any atom is 0.222 e. The Morgan fingerprint density at radius 3 is 2.73 bits per heavy atom. The molecule has 2 saturated heterocycles. The predicted octanol–water partition coefficient (Wildman–Crippen LogP) is 2.42. The van der Waals surface area contributed by atoms with Crippen LogP contribution in [0.4, 0.5) is 4.39 Å². The van der Waals surface area contributed by atoms with Gasteiger partial charge in [0, 0.05) is 38.2 Å². The highest BCUT2D eigenvalue weighted by molar-refractivity contribution is 5.77. The molecule has 3 rings (SSSR count). The van der Waals surface area contributed by atoms with E-state index in [1.54, 1.807) is 19.2 Å². The van der Waals surface area contributed by atoms with Crippen LogP contribution in [0.15, 0.2) is 18.2 Å². The summed E-state index contributed by atoms with van der Waals surface area (Å²) in [6, 6.07) is 4.66. The molecular formula is C20H29FN2O3. The molecule has 2 aliphatic heterocycles.